The molecule has 1 saturated heterocycles. The van der Waals surface area contributed by atoms with Crippen LogP contribution in [0.3, 0.4) is 0 Å². The van der Waals surface area contributed by atoms with E-state index in [1.165, 1.54) is 0 Å². The van der Waals surface area contributed by atoms with Gasteiger partial charge in [0.25, 0.3) is 0 Å². The number of aromatic nitrogens is 2. The summed E-state index contributed by atoms with van der Waals surface area (Å²) in [7, 11) is -3.10. The molecule has 0 aliphatic carbocycles. The van der Waals surface area contributed by atoms with Crippen LogP contribution in [0.5, 0.6) is 0 Å². The molecule has 1 aliphatic rings. The van der Waals surface area contributed by atoms with Crippen LogP contribution in [0, 0.1) is 0 Å². The van der Waals surface area contributed by atoms with Gasteiger partial charge in [0.1, 0.15) is 0 Å². The number of benzene rings is 1. The van der Waals surface area contributed by atoms with Crippen molar-refractivity contribution in [1.82, 2.24) is 19.0 Å². The van der Waals surface area contributed by atoms with Crippen molar-refractivity contribution < 1.29 is 8.42 Å². The lowest BCUT2D eigenvalue weighted by atomic mass is 10.3. The largest absolute Gasteiger partial charge is 0.295 e. The predicted octanol–water partition coefficient (Wildman–Crippen LogP) is 2.51. The highest BCUT2D eigenvalue weighted by atomic mass is 32.2. The zero-order valence-electron chi connectivity index (χ0n) is 15.4. The van der Waals surface area contributed by atoms with Gasteiger partial charge in [0.05, 0.1) is 17.1 Å². The Bertz CT molecular complexity index is 781. The molecule has 0 saturated carbocycles. The maximum absolute atomic E-state index is 12.4. The van der Waals surface area contributed by atoms with Gasteiger partial charge in [-0.3, -0.25) is 4.90 Å². The van der Waals surface area contributed by atoms with E-state index in [0.29, 0.717) is 13.1 Å². The van der Waals surface area contributed by atoms with E-state index in [0.717, 1.165) is 50.3 Å². The van der Waals surface area contributed by atoms with E-state index >= 15 is 0 Å². The van der Waals surface area contributed by atoms with Gasteiger partial charge in [-0.05, 0) is 24.6 Å². The fourth-order valence-electron chi connectivity index (χ4n) is 3.23. The molecule has 2 heterocycles. The molecule has 6 nitrogen and oxygen atoms in total. The summed E-state index contributed by atoms with van der Waals surface area (Å²) < 4.78 is 28.3. The molecule has 3 rings (SSSR count). The van der Waals surface area contributed by atoms with Crippen molar-refractivity contribution in [3.8, 4) is 5.69 Å². The van der Waals surface area contributed by atoms with Crippen LogP contribution >= 0.6 is 0 Å². The van der Waals surface area contributed by atoms with Crippen LogP contribution in [0.15, 0.2) is 42.6 Å². The van der Waals surface area contributed by atoms with E-state index in [4.69, 9.17) is 0 Å². The van der Waals surface area contributed by atoms with E-state index < -0.39 is 10.0 Å². The standard InChI is InChI=1S/C19H28N4O2S/c1-2-3-7-16-26(24,25)22-14-12-21(13-15-22)17-18-10-11-23(20-18)19-8-5-4-6-9-19/h4-6,8-11H,2-3,7,12-17H2,1H3. The lowest BCUT2D eigenvalue weighted by Gasteiger charge is -2.33. The number of nitrogens with zero attached hydrogens (tertiary/aromatic N) is 4. The van der Waals surface area contributed by atoms with E-state index in [1.807, 2.05) is 47.3 Å². The molecule has 7 heteroatoms. The van der Waals surface area contributed by atoms with Crippen LogP contribution in [-0.4, -0.2) is 59.3 Å². The van der Waals surface area contributed by atoms with Gasteiger partial charge in [-0.25, -0.2) is 13.1 Å². The first-order valence-corrected chi connectivity index (χ1v) is 11.0. The Balaban J connectivity index is 1.51. The Morgan fingerprint density at radius 2 is 1.73 bits per heavy atom. The van der Waals surface area contributed by atoms with Gasteiger partial charge >= 0.3 is 0 Å². The molecular weight excluding hydrogens is 348 g/mol. The Morgan fingerprint density at radius 1 is 1.00 bits per heavy atom. The second kappa shape index (κ2) is 8.79. The first kappa shape index (κ1) is 19.1. The summed E-state index contributed by atoms with van der Waals surface area (Å²) in [5, 5.41) is 4.64. The minimum absolute atomic E-state index is 0.280. The van der Waals surface area contributed by atoms with E-state index in [2.05, 4.69) is 16.9 Å². The molecule has 26 heavy (non-hydrogen) atoms. The van der Waals surface area contributed by atoms with Gasteiger partial charge in [0, 0.05) is 38.9 Å². The highest BCUT2D eigenvalue weighted by Gasteiger charge is 2.26. The molecule has 0 atom stereocenters. The number of hydrogen-bond donors (Lipinski definition) is 0. The molecule has 0 bridgehead atoms. The molecule has 0 unspecified atom stereocenters. The zero-order chi connectivity index (χ0) is 18.4. The number of hydrogen-bond acceptors (Lipinski definition) is 4. The highest BCUT2D eigenvalue weighted by molar-refractivity contribution is 7.89. The van der Waals surface area contributed by atoms with Gasteiger partial charge in [-0.15, -0.1) is 0 Å². The van der Waals surface area contributed by atoms with Gasteiger partial charge < -0.3 is 0 Å². The Kier molecular flexibility index (Phi) is 6.45. The number of piperazine rings is 1. The van der Waals surface area contributed by atoms with E-state index in [-0.39, 0.29) is 5.75 Å². The molecule has 1 aliphatic heterocycles. The van der Waals surface area contributed by atoms with Crippen molar-refractivity contribution in [3.05, 3.63) is 48.3 Å². The second-order valence-corrected chi connectivity index (χ2v) is 8.87. The average molecular weight is 377 g/mol. The third-order valence-corrected chi connectivity index (χ3v) is 6.74. The number of rotatable bonds is 8. The summed E-state index contributed by atoms with van der Waals surface area (Å²) >= 11 is 0. The molecule has 1 fully saturated rings. The average Bonchev–Trinajstić information content (AvgIpc) is 3.12. The highest BCUT2D eigenvalue weighted by Crippen LogP contribution is 2.13. The molecule has 1 aromatic heterocycles. The molecule has 0 radical (unpaired) electrons. The van der Waals surface area contributed by atoms with Crippen LogP contribution in [0.4, 0.5) is 0 Å². The van der Waals surface area contributed by atoms with Gasteiger partial charge in [-0.1, -0.05) is 38.0 Å². The SMILES string of the molecule is CCCCCS(=O)(=O)N1CCN(Cc2ccn(-c3ccccc3)n2)CC1. The topological polar surface area (TPSA) is 58.4 Å². The molecular formula is C19H28N4O2S. The number of para-hydroxylation sites is 1. The van der Waals surface area contributed by atoms with E-state index in [9.17, 15) is 8.42 Å². The van der Waals surface area contributed by atoms with Gasteiger partial charge in [0.15, 0.2) is 0 Å². The maximum Gasteiger partial charge on any atom is 0.214 e. The molecule has 0 spiro atoms. The van der Waals surface area contributed by atoms with Crippen molar-refractivity contribution in [2.45, 2.75) is 32.7 Å². The van der Waals surface area contributed by atoms with Crippen LogP contribution in [-0.2, 0) is 16.6 Å². The van der Waals surface area contributed by atoms with Crippen molar-refractivity contribution in [3.63, 3.8) is 0 Å². The summed E-state index contributed by atoms with van der Waals surface area (Å²) in [5.41, 5.74) is 2.05. The smallest absolute Gasteiger partial charge is 0.214 e. The lowest BCUT2D eigenvalue weighted by molar-refractivity contribution is 0.179. The number of sulfonamides is 1. The minimum atomic E-state index is -3.10. The fourth-order valence-corrected chi connectivity index (χ4v) is 4.78. The maximum atomic E-state index is 12.4. The molecule has 1 aromatic carbocycles. The van der Waals surface area contributed by atoms with Crippen LogP contribution in [0.1, 0.15) is 31.9 Å². The monoisotopic (exact) mass is 376 g/mol. The summed E-state index contributed by atoms with van der Waals surface area (Å²) in [4.78, 5) is 2.27. The summed E-state index contributed by atoms with van der Waals surface area (Å²) in [6.07, 6.45) is 4.75. The Morgan fingerprint density at radius 3 is 2.42 bits per heavy atom. The van der Waals surface area contributed by atoms with Crippen molar-refractivity contribution >= 4 is 10.0 Å². The molecule has 2 aromatic rings. The van der Waals surface area contributed by atoms with E-state index in [1.54, 1.807) is 4.31 Å². The van der Waals surface area contributed by atoms with Crippen molar-refractivity contribution in [2.24, 2.45) is 0 Å². The number of unbranched alkanes of at least 4 members (excludes halogenated alkanes) is 2. The first-order valence-electron chi connectivity index (χ1n) is 9.38. The fraction of sp³-hybridized carbons (Fsp3) is 0.526. The van der Waals surface area contributed by atoms with Crippen LogP contribution < -0.4 is 0 Å². The molecule has 142 valence electrons. The van der Waals surface area contributed by atoms with Gasteiger partial charge in [0.2, 0.25) is 10.0 Å². The summed E-state index contributed by atoms with van der Waals surface area (Å²) in [6.45, 7) is 5.51. The van der Waals surface area contributed by atoms with Gasteiger partial charge in [-0.2, -0.15) is 9.40 Å². The predicted molar refractivity (Wildman–Crippen MR) is 104 cm³/mol. The normalized spacial score (nSPS) is 16.8. The third-order valence-electron chi connectivity index (χ3n) is 4.78. The summed E-state index contributed by atoms with van der Waals surface area (Å²) in [6, 6.07) is 12.1. The molecule has 0 amide bonds. The first-order chi connectivity index (χ1) is 12.6. The quantitative estimate of drug-likeness (QED) is 0.664. The Hall–Kier alpha value is -1.70. The minimum Gasteiger partial charge on any atom is -0.295 e. The second-order valence-electron chi connectivity index (χ2n) is 6.79. The zero-order valence-corrected chi connectivity index (χ0v) is 16.2. The summed E-state index contributed by atoms with van der Waals surface area (Å²) in [5.74, 6) is 0.280. The third kappa shape index (κ3) is 4.93. The van der Waals surface area contributed by atoms with Crippen molar-refractivity contribution in [1.29, 1.82) is 0 Å². The lowest BCUT2D eigenvalue weighted by Crippen LogP contribution is -2.48. The Labute approximate surface area is 156 Å². The van der Waals surface area contributed by atoms with Crippen molar-refractivity contribution in [2.75, 3.05) is 31.9 Å². The van der Waals surface area contributed by atoms with Crippen LogP contribution in [0.2, 0.25) is 0 Å². The van der Waals surface area contributed by atoms with Crippen LogP contribution in [0.25, 0.3) is 5.69 Å². The molecule has 0 N–H and O–H groups in total.